The lowest BCUT2D eigenvalue weighted by molar-refractivity contribution is -0.120. The number of hydrogen-bond donors (Lipinski definition) is 3. The molecule has 1 aromatic heterocycles. The molecule has 0 saturated carbocycles. The predicted molar refractivity (Wildman–Crippen MR) is 87.3 cm³/mol. The lowest BCUT2D eigenvalue weighted by Gasteiger charge is -2.08. The van der Waals surface area contributed by atoms with Crippen LogP contribution in [-0.2, 0) is 17.8 Å². The summed E-state index contributed by atoms with van der Waals surface area (Å²) in [6, 6.07) is 14.5. The number of para-hydroxylation sites is 1. The Bertz CT molecular complexity index is 867. The normalized spacial score (nSPS) is 10.6. The average molecular weight is 308 g/mol. The Hall–Kier alpha value is -3.08. The number of carboxylic acids is 1. The molecule has 3 N–H and O–H groups in total. The third-order valence-electron chi connectivity index (χ3n) is 3.75. The second-order valence-electron chi connectivity index (χ2n) is 5.28. The summed E-state index contributed by atoms with van der Waals surface area (Å²) in [5, 5.41) is 12.9. The zero-order chi connectivity index (χ0) is 16.2. The lowest BCUT2D eigenvalue weighted by atomic mass is 10.1. The number of carboxylic acid groups (broad SMARTS) is 1. The first-order valence-electron chi connectivity index (χ1n) is 7.28. The largest absolute Gasteiger partial charge is 0.478 e. The number of hydrogen-bond acceptors (Lipinski definition) is 2. The number of aromatic amines is 1. The molecule has 0 aliphatic heterocycles. The van der Waals surface area contributed by atoms with Crippen LogP contribution in [0.4, 0.5) is 0 Å². The van der Waals surface area contributed by atoms with Crippen molar-refractivity contribution >= 4 is 22.8 Å². The monoisotopic (exact) mass is 308 g/mol. The van der Waals surface area contributed by atoms with Gasteiger partial charge in [-0.2, -0.15) is 0 Å². The molecule has 23 heavy (non-hydrogen) atoms. The van der Waals surface area contributed by atoms with E-state index in [1.807, 2.05) is 30.5 Å². The number of benzene rings is 2. The summed E-state index contributed by atoms with van der Waals surface area (Å²) in [4.78, 5) is 26.4. The molecule has 1 heterocycles. The Kier molecular flexibility index (Phi) is 4.10. The molecule has 0 saturated heterocycles. The zero-order valence-electron chi connectivity index (χ0n) is 12.4. The van der Waals surface area contributed by atoms with Crippen LogP contribution in [0.5, 0.6) is 0 Å². The molecule has 3 rings (SSSR count). The van der Waals surface area contributed by atoms with Crippen molar-refractivity contribution < 1.29 is 14.7 Å². The minimum atomic E-state index is -0.994. The van der Waals surface area contributed by atoms with E-state index >= 15 is 0 Å². The fourth-order valence-corrected chi connectivity index (χ4v) is 2.59. The topological polar surface area (TPSA) is 82.2 Å². The molecular formula is C18H16N2O3. The number of fused-ring (bicyclic) bond motifs is 1. The van der Waals surface area contributed by atoms with Gasteiger partial charge in [0.05, 0.1) is 12.0 Å². The van der Waals surface area contributed by atoms with E-state index in [0.29, 0.717) is 5.56 Å². The van der Waals surface area contributed by atoms with Gasteiger partial charge in [-0.1, -0.05) is 36.4 Å². The summed E-state index contributed by atoms with van der Waals surface area (Å²) in [6.07, 6.45) is 2.08. The van der Waals surface area contributed by atoms with Crippen molar-refractivity contribution in [2.45, 2.75) is 13.0 Å². The van der Waals surface area contributed by atoms with Gasteiger partial charge in [-0.25, -0.2) is 4.79 Å². The minimum absolute atomic E-state index is 0.144. The van der Waals surface area contributed by atoms with Gasteiger partial charge in [-0.3, -0.25) is 4.79 Å². The highest BCUT2D eigenvalue weighted by molar-refractivity contribution is 5.90. The van der Waals surface area contributed by atoms with Crippen molar-refractivity contribution in [2.75, 3.05) is 0 Å². The predicted octanol–water partition coefficient (Wildman–Crippen LogP) is 2.73. The second kappa shape index (κ2) is 6.36. The molecule has 0 spiro atoms. The molecule has 1 amide bonds. The van der Waals surface area contributed by atoms with Gasteiger partial charge in [-0.15, -0.1) is 0 Å². The van der Waals surface area contributed by atoms with E-state index in [9.17, 15) is 9.59 Å². The number of amides is 1. The summed E-state index contributed by atoms with van der Waals surface area (Å²) in [7, 11) is 0. The first-order valence-corrected chi connectivity index (χ1v) is 7.28. The van der Waals surface area contributed by atoms with Crippen LogP contribution < -0.4 is 5.32 Å². The van der Waals surface area contributed by atoms with E-state index in [1.165, 1.54) is 6.07 Å². The van der Waals surface area contributed by atoms with Crippen LogP contribution in [0.3, 0.4) is 0 Å². The van der Waals surface area contributed by atoms with E-state index in [-0.39, 0.29) is 24.4 Å². The molecule has 0 bridgehead atoms. The molecule has 2 aromatic carbocycles. The number of aromatic carboxylic acids is 1. The van der Waals surface area contributed by atoms with Crippen molar-refractivity contribution in [3.8, 4) is 0 Å². The number of carbonyl (C=O) groups is 2. The van der Waals surface area contributed by atoms with Gasteiger partial charge in [-0.05, 0) is 23.3 Å². The van der Waals surface area contributed by atoms with Crippen molar-refractivity contribution in [1.82, 2.24) is 10.3 Å². The maximum absolute atomic E-state index is 12.1. The molecule has 116 valence electrons. The Labute approximate surface area is 133 Å². The molecule has 3 aromatic rings. The summed E-state index contributed by atoms with van der Waals surface area (Å²) < 4.78 is 0. The van der Waals surface area contributed by atoms with Crippen LogP contribution in [-0.4, -0.2) is 22.0 Å². The van der Waals surface area contributed by atoms with E-state index in [4.69, 9.17) is 5.11 Å². The summed E-state index contributed by atoms with van der Waals surface area (Å²) in [6.45, 7) is 0.198. The van der Waals surface area contributed by atoms with Crippen LogP contribution in [0.2, 0.25) is 0 Å². The first kappa shape index (κ1) is 14.8. The maximum atomic E-state index is 12.1. The number of rotatable bonds is 5. The third kappa shape index (κ3) is 3.23. The molecule has 5 heteroatoms. The molecule has 0 radical (unpaired) electrons. The summed E-state index contributed by atoms with van der Waals surface area (Å²) in [5.74, 6) is -1.14. The van der Waals surface area contributed by atoms with E-state index in [2.05, 4.69) is 10.3 Å². The Morgan fingerprint density at radius 1 is 1.00 bits per heavy atom. The number of aromatic nitrogens is 1. The minimum Gasteiger partial charge on any atom is -0.478 e. The van der Waals surface area contributed by atoms with Crippen molar-refractivity contribution in [3.63, 3.8) is 0 Å². The van der Waals surface area contributed by atoms with Gasteiger partial charge in [0.15, 0.2) is 0 Å². The van der Waals surface area contributed by atoms with Gasteiger partial charge in [0.25, 0.3) is 0 Å². The zero-order valence-corrected chi connectivity index (χ0v) is 12.4. The molecule has 0 aliphatic rings. The highest BCUT2D eigenvalue weighted by Gasteiger charge is 2.11. The van der Waals surface area contributed by atoms with Gasteiger partial charge in [0.2, 0.25) is 5.91 Å². The smallest absolute Gasteiger partial charge is 0.336 e. The summed E-state index contributed by atoms with van der Waals surface area (Å²) in [5.41, 5.74) is 2.71. The van der Waals surface area contributed by atoms with Crippen molar-refractivity contribution in [1.29, 1.82) is 0 Å². The Morgan fingerprint density at radius 2 is 1.74 bits per heavy atom. The van der Waals surface area contributed by atoms with Crippen molar-refractivity contribution in [3.05, 3.63) is 71.4 Å². The number of nitrogens with one attached hydrogen (secondary N) is 2. The Morgan fingerprint density at radius 3 is 2.57 bits per heavy atom. The van der Waals surface area contributed by atoms with Gasteiger partial charge < -0.3 is 15.4 Å². The highest BCUT2D eigenvalue weighted by atomic mass is 16.4. The van der Waals surface area contributed by atoms with E-state index in [0.717, 1.165) is 16.5 Å². The molecule has 0 fully saturated rings. The second-order valence-corrected chi connectivity index (χ2v) is 5.28. The SMILES string of the molecule is O=C(Cc1c[nH]c2ccccc12)NCc1ccccc1C(=O)O. The average Bonchev–Trinajstić information content (AvgIpc) is 2.96. The molecule has 5 nitrogen and oxygen atoms in total. The van der Waals surface area contributed by atoms with E-state index in [1.54, 1.807) is 18.2 Å². The maximum Gasteiger partial charge on any atom is 0.336 e. The molecular weight excluding hydrogens is 292 g/mol. The molecule has 0 unspecified atom stereocenters. The van der Waals surface area contributed by atoms with Crippen LogP contribution in [0, 0.1) is 0 Å². The van der Waals surface area contributed by atoms with Crippen LogP contribution >= 0.6 is 0 Å². The first-order chi connectivity index (χ1) is 11.1. The van der Waals surface area contributed by atoms with Crippen LogP contribution in [0.25, 0.3) is 10.9 Å². The van der Waals surface area contributed by atoms with Gasteiger partial charge in [0, 0.05) is 23.6 Å². The summed E-state index contributed by atoms with van der Waals surface area (Å²) >= 11 is 0. The lowest BCUT2D eigenvalue weighted by Crippen LogP contribution is -2.25. The number of carbonyl (C=O) groups excluding carboxylic acids is 1. The molecule has 0 aliphatic carbocycles. The Balaban J connectivity index is 1.68. The highest BCUT2D eigenvalue weighted by Crippen LogP contribution is 2.18. The van der Waals surface area contributed by atoms with Gasteiger partial charge in [0.1, 0.15) is 0 Å². The third-order valence-corrected chi connectivity index (χ3v) is 3.75. The van der Waals surface area contributed by atoms with E-state index < -0.39 is 5.97 Å². The fraction of sp³-hybridized carbons (Fsp3) is 0.111. The van der Waals surface area contributed by atoms with Crippen LogP contribution in [0.15, 0.2) is 54.7 Å². The van der Waals surface area contributed by atoms with Crippen molar-refractivity contribution in [2.24, 2.45) is 0 Å². The quantitative estimate of drug-likeness (QED) is 0.678. The fourth-order valence-electron chi connectivity index (χ4n) is 2.59. The van der Waals surface area contributed by atoms with Crippen LogP contribution in [0.1, 0.15) is 21.5 Å². The number of H-pyrrole nitrogens is 1. The van der Waals surface area contributed by atoms with Gasteiger partial charge >= 0.3 is 5.97 Å². The standard InChI is InChI=1S/C18H16N2O3/c21-17(9-13-11-19-16-8-4-3-6-14(13)16)20-10-12-5-1-2-7-15(12)18(22)23/h1-8,11,19H,9-10H2,(H,20,21)(H,22,23). The molecule has 0 atom stereocenters.